The molecular weight excluding hydrogens is 365 g/mol. The molecule has 0 aromatic heterocycles. The SMILES string of the molecule is CC(C)CC(C)(CN)NS(=O)(=O)c1cc(Cl)ccc1[N+](=O)[O-].Cl. The fraction of sp³-hybridized carbons (Fsp3) is 0.538. The lowest BCUT2D eigenvalue weighted by Crippen LogP contribution is -2.52. The lowest BCUT2D eigenvalue weighted by Gasteiger charge is -2.30. The molecule has 0 amide bonds. The van der Waals surface area contributed by atoms with Crippen LogP contribution in [0.25, 0.3) is 0 Å². The first-order valence-corrected chi connectivity index (χ1v) is 8.55. The van der Waals surface area contributed by atoms with Crippen LogP contribution in [0.15, 0.2) is 23.1 Å². The van der Waals surface area contributed by atoms with E-state index in [1.54, 1.807) is 6.92 Å². The van der Waals surface area contributed by atoms with Gasteiger partial charge in [-0.1, -0.05) is 25.4 Å². The van der Waals surface area contributed by atoms with Gasteiger partial charge in [-0.15, -0.1) is 12.4 Å². The largest absolute Gasteiger partial charge is 0.329 e. The van der Waals surface area contributed by atoms with Crippen LogP contribution < -0.4 is 10.5 Å². The third-order valence-electron chi connectivity index (χ3n) is 3.10. The molecule has 0 bridgehead atoms. The molecule has 1 aromatic carbocycles. The highest BCUT2D eigenvalue weighted by molar-refractivity contribution is 7.89. The molecule has 10 heteroatoms. The maximum absolute atomic E-state index is 12.5. The summed E-state index contributed by atoms with van der Waals surface area (Å²) >= 11 is 5.78. The Kier molecular flexibility index (Phi) is 7.92. The first kappa shape index (κ1) is 22.1. The Morgan fingerprint density at radius 1 is 1.43 bits per heavy atom. The van der Waals surface area contributed by atoms with E-state index in [4.69, 9.17) is 17.3 Å². The van der Waals surface area contributed by atoms with Crippen molar-refractivity contribution in [3.63, 3.8) is 0 Å². The van der Waals surface area contributed by atoms with Crippen molar-refractivity contribution in [1.82, 2.24) is 4.72 Å². The number of hydrogen-bond acceptors (Lipinski definition) is 5. The molecule has 0 spiro atoms. The number of nitro benzene ring substituents is 1. The van der Waals surface area contributed by atoms with Gasteiger partial charge in [0.05, 0.1) is 4.92 Å². The van der Waals surface area contributed by atoms with E-state index in [0.717, 1.165) is 12.1 Å². The second-order valence-corrected chi connectivity index (χ2v) is 7.92. The summed E-state index contributed by atoms with van der Waals surface area (Å²) in [6.07, 6.45) is 0.497. The third-order valence-corrected chi connectivity index (χ3v) is 5.00. The van der Waals surface area contributed by atoms with Crippen LogP contribution in [0, 0.1) is 16.0 Å². The zero-order valence-corrected chi connectivity index (χ0v) is 15.5. The Labute approximate surface area is 147 Å². The number of hydrogen-bond donors (Lipinski definition) is 2. The minimum Gasteiger partial charge on any atom is -0.329 e. The minimum atomic E-state index is -4.13. The fourth-order valence-corrected chi connectivity index (χ4v) is 4.16. The van der Waals surface area contributed by atoms with Crippen molar-refractivity contribution in [1.29, 1.82) is 0 Å². The second-order valence-electron chi connectivity index (χ2n) is 5.84. The van der Waals surface area contributed by atoms with Crippen LogP contribution in [-0.4, -0.2) is 25.4 Å². The Balaban J connectivity index is 0.00000484. The molecule has 0 heterocycles. The number of nitrogens with zero attached hydrogens (tertiary/aromatic N) is 1. The van der Waals surface area contributed by atoms with E-state index >= 15 is 0 Å². The lowest BCUT2D eigenvalue weighted by atomic mass is 9.92. The molecule has 0 aliphatic carbocycles. The number of rotatable bonds is 7. The molecular formula is C13H21Cl2N3O4S. The van der Waals surface area contributed by atoms with Crippen molar-refractivity contribution >= 4 is 39.7 Å². The van der Waals surface area contributed by atoms with E-state index in [-0.39, 0.29) is 29.9 Å². The van der Waals surface area contributed by atoms with Crippen LogP contribution in [-0.2, 0) is 10.0 Å². The van der Waals surface area contributed by atoms with Gasteiger partial charge in [0.2, 0.25) is 10.0 Å². The second kappa shape index (κ2) is 8.25. The monoisotopic (exact) mass is 385 g/mol. The maximum Gasteiger partial charge on any atom is 0.289 e. The van der Waals surface area contributed by atoms with Gasteiger partial charge in [-0.05, 0) is 31.4 Å². The number of benzene rings is 1. The average Bonchev–Trinajstić information content (AvgIpc) is 2.36. The molecule has 0 radical (unpaired) electrons. The molecule has 1 unspecified atom stereocenters. The Hall–Kier alpha value is -0.930. The first-order valence-electron chi connectivity index (χ1n) is 6.69. The standard InChI is InChI=1S/C13H20ClN3O4S.ClH/c1-9(2)7-13(3,8-15)16-22(20,21)12-6-10(14)4-5-11(12)17(18)19;/h4-6,9,16H,7-8,15H2,1-3H3;1H. The van der Waals surface area contributed by atoms with Gasteiger partial charge < -0.3 is 5.73 Å². The van der Waals surface area contributed by atoms with Gasteiger partial charge in [0.25, 0.3) is 5.69 Å². The van der Waals surface area contributed by atoms with Crippen LogP contribution in [0.3, 0.4) is 0 Å². The topological polar surface area (TPSA) is 115 Å². The molecule has 0 aliphatic heterocycles. The molecule has 3 N–H and O–H groups in total. The Morgan fingerprint density at radius 3 is 2.43 bits per heavy atom. The van der Waals surface area contributed by atoms with Crippen LogP contribution in [0.5, 0.6) is 0 Å². The molecule has 132 valence electrons. The first-order chi connectivity index (χ1) is 10.0. The van der Waals surface area contributed by atoms with E-state index in [1.807, 2.05) is 13.8 Å². The predicted molar refractivity (Wildman–Crippen MR) is 92.6 cm³/mol. The molecule has 7 nitrogen and oxygen atoms in total. The van der Waals surface area contributed by atoms with Crippen molar-refractivity contribution in [3.05, 3.63) is 33.3 Å². The maximum atomic E-state index is 12.5. The van der Waals surface area contributed by atoms with Crippen LogP contribution in [0.4, 0.5) is 5.69 Å². The highest BCUT2D eigenvalue weighted by atomic mass is 35.5. The summed E-state index contributed by atoms with van der Waals surface area (Å²) in [5.41, 5.74) is 4.25. The zero-order valence-electron chi connectivity index (χ0n) is 13.1. The van der Waals surface area contributed by atoms with Gasteiger partial charge >= 0.3 is 0 Å². The van der Waals surface area contributed by atoms with Crippen molar-refractivity contribution in [2.24, 2.45) is 11.7 Å². The minimum absolute atomic E-state index is 0. The number of nitrogens with one attached hydrogen (secondary N) is 1. The molecule has 1 aromatic rings. The van der Waals surface area contributed by atoms with Crippen molar-refractivity contribution in [2.45, 2.75) is 37.6 Å². The summed E-state index contributed by atoms with van der Waals surface area (Å²) in [5.74, 6) is 0.200. The summed E-state index contributed by atoms with van der Waals surface area (Å²) in [5, 5.41) is 11.1. The van der Waals surface area contributed by atoms with E-state index in [1.165, 1.54) is 6.07 Å². The number of nitrogens with two attached hydrogens (primary N) is 1. The quantitative estimate of drug-likeness (QED) is 0.552. The van der Waals surface area contributed by atoms with E-state index in [2.05, 4.69) is 4.72 Å². The molecule has 0 fully saturated rings. The lowest BCUT2D eigenvalue weighted by molar-refractivity contribution is -0.387. The van der Waals surface area contributed by atoms with Gasteiger partial charge in [-0.2, -0.15) is 0 Å². The summed E-state index contributed by atoms with van der Waals surface area (Å²) in [4.78, 5) is 9.82. The van der Waals surface area contributed by atoms with Crippen LogP contribution in [0.1, 0.15) is 27.2 Å². The van der Waals surface area contributed by atoms with Gasteiger partial charge in [0, 0.05) is 23.2 Å². The number of nitro groups is 1. The summed E-state index contributed by atoms with van der Waals surface area (Å²) in [6.45, 7) is 5.60. The van der Waals surface area contributed by atoms with E-state index < -0.39 is 31.1 Å². The Morgan fingerprint density at radius 2 is 2.00 bits per heavy atom. The summed E-state index contributed by atoms with van der Waals surface area (Å²) in [7, 11) is -4.13. The fourth-order valence-electron chi connectivity index (χ4n) is 2.30. The van der Waals surface area contributed by atoms with E-state index in [0.29, 0.717) is 6.42 Å². The molecule has 1 rings (SSSR count). The van der Waals surface area contributed by atoms with Crippen LogP contribution >= 0.6 is 24.0 Å². The summed E-state index contributed by atoms with van der Waals surface area (Å²) in [6, 6.07) is 3.41. The molecule has 1 atom stereocenters. The average molecular weight is 386 g/mol. The zero-order chi connectivity index (χ0) is 17.1. The van der Waals surface area contributed by atoms with Gasteiger partial charge in [-0.3, -0.25) is 10.1 Å². The normalized spacial score (nSPS) is 14.2. The van der Waals surface area contributed by atoms with Crippen molar-refractivity contribution < 1.29 is 13.3 Å². The van der Waals surface area contributed by atoms with Crippen molar-refractivity contribution in [3.8, 4) is 0 Å². The predicted octanol–water partition coefficient (Wildman–Crippen LogP) is 2.71. The summed E-state index contributed by atoms with van der Waals surface area (Å²) < 4.78 is 27.5. The van der Waals surface area contributed by atoms with Crippen LogP contribution in [0.2, 0.25) is 5.02 Å². The van der Waals surface area contributed by atoms with Gasteiger partial charge in [0.15, 0.2) is 4.90 Å². The smallest absolute Gasteiger partial charge is 0.289 e. The number of halogens is 2. The molecule has 0 aliphatic rings. The molecule has 23 heavy (non-hydrogen) atoms. The van der Waals surface area contributed by atoms with Crippen molar-refractivity contribution in [2.75, 3.05) is 6.54 Å². The van der Waals surface area contributed by atoms with Gasteiger partial charge in [0.1, 0.15) is 0 Å². The highest BCUT2D eigenvalue weighted by Gasteiger charge is 2.34. The Bertz CT molecular complexity index is 667. The molecule has 0 saturated carbocycles. The molecule has 0 saturated heterocycles. The highest BCUT2D eigenvalue weighted by Crippen LogP contribution is 2.28. The number of sulfonamides is 1. The van der Waals surface area contributed by atoms with E-state index in [9.17, 15) is 18.5 Å². The van der Waals surface area contributed by atoms with Gasteiger partial charge in [-0.25, -0.2) is 13.1 Å². The third kappa shape index (κ3) is 5.89.